The molecule has 2 aromatic carbocycles. The molecule has 2 aromatic rings. The largest absolute Gasteiger partial charge is 0.481 e. The predicted molar refractivity (Wildman–Crippen MR) is 103 cm³/mol. The standard InChI is InChI=1S/C19H20Cl2N2O3/c20-15-5-1-12(2-6-15)14(10-22)9-18(24)23-11-17(19(25)26)13-3-7-16(21)8-4-13/h1-8,14,17H,9-11,22H2,(H,23,24)(H,25,26). The molecule has 5 nitrogen and oxygen atoms in total. The molecule has 2 rings (SSSR count). The number of halogens is 2. The van der Waals surface area contributed by atoms with E-state index in [-0.39, 0.29) is 24.8 Å². The second-order valence-corrected chi connectivity index (χ2v) is 6.81. The first-order chi connectivity index (χ1) is 12.4. The normalized spacial score (nSPS) is 13.0. The van der Waals surface area contributed by atoms with Gasteiger partial charge in [-0.2, -0.15) is 0 Å². The average Bonchev–Trinajstić information content (AvgIpc) is 2.62. The summed E-state index contributed by atoms with van der Waals surface area (Å²) in [4.78, 5) is 23.8. The van der Waals surface area contributed by atoms with Crippen LogP contribution in [0.25, 0.3) is 0 Å². The van der Waals surface area contributed by atoms with Crippen LogP contribution >= 0.6 is 23.2 Å². The molecule has 0 saturated carbocycles. The van der Waals surface area contributed by atoms with Crippen LogP contribution in [0.3, 0.4) is 0 Å². The fourth-order valence-electron chi connectivity index (χ4n) is 2.63. The Labute approximate surface area is 162 Å². The van der Waals surface area contributed by atoms with Crippen molar-refractivity contribution >= 4 is 35.1 Å². The molecule has 0 aliphatic rings. The van der Waals surface area contributed by atoms with Gasteiger partial charge in [-0.3, -0.25) is 9.59 Å². The number of carbonyl (C=O) groups excluding carboxylic acids is 1. The van der Waals surface area contributed by atoms with E-state index in [1.165, 1.54) is 0 Å². The van der Waals surface area contributed by atoms with Crippen LogP contribution in [0, 0.1) is 0 Å². The number of nitrogens with two attached hydrogens (primary N) is 1. The smallest absolute Gasteiger partial charge is 0.312 e. The lowest BCUT2D eigenvalue weighted by atomic mass is 9.95. The molecule has 7 heteroatoms. The predicted octanol–water partition coefficient (Wildman–Crippen LogP) is 3.41. The SMILES string of the molecule is NCC(CC(=O)NCC(C(=O)O)c1ccc(Cl)cc1)c1ccc(Cl)cc1. The van der Waals surface area contributed by atoms with E-state index in [9.17, 15) is 14.7 Å². The van der Waals surface area contributed by atoms with Crippen LogP contribution in [0.1, 0.15) is 29.4 Å². The van der Waals surface area contributed by atoms with Crippen LogP contribution < -0.4 is 11.1 Å². The number of carboxylic acids is 1. The molecule has 0 saturated heterocycles. The van der Waals surface area contributed by atoms with Gasteiger partial charge in [0.15, 0.2) is 0 Å². The second kappa shape index (κ2) is 9.57. The minimum Gasteiger partial charge on any atom is -0.481 e. The van der Waals surface area contributed by atoms with Crippen molar-refractivity contribution in [3.05, 3.63) is 69.7 Å². The van der Waals surface area contributed by atoms with Crippen LogP contribution in [0.2, 0.25) is 10.0 Å². The molecule has 0 radical (unpaired) electrons. The fraction of sp³-hybridized carbons (Fsp3) is 0.263. The molecule has 0 aliphatic carbocycles. The molecular weight excluding hydrogens is 375 g/mol. The zero-order valence-electron chi connectivity index (χ0n) is 14.0. The van der Waals surface area contributed by atoms with Crippen molar-refractivity contribution in [2.45, 2.75) is 18.3 Å². The van der Waals surface area contributed by atoms with Gasteiger partial charge in [0.2, 0.25) is 5.91 Å². The fourth-order valence-corrected chi connectivity index (χ4v) is 2.88. The van der Waals surface area contributed by atoms with Crippen LogP contribution in [0.5, 0.6) is 0 Å². The van der Waals surface area contributed by atoms with E-state index in [1.54, 1.807) is 36.4 Å². The van der Waals surface area contributed by atoms with Crippen molar-refractivity contribution < 1.29 is 14.7 Å². The van der Waals surface area contributed by atoms with E-state index in [0.717, 1.165) is 5.56 Å². The topological polar surface area (TPSA) is 92.4 Å². The molecule has 26 heavy (non-hydrogen) atoms. The summed E-state index contributed by atoms with van der Waals surface area (Å²) >= 11 is 11.7. The van der Waals surface area contributed by atoms with E-state index in [2.05, 4.69) is 5.32 Å². The first kappa shape index (κ1) is 20.2. The number of carboxylic acid groups (broad SMARTS) is 1. The highest BCUT2D eigenvalue weighted by atomic mass is 35.5. The van der Waals surface area contributed by atoms with E-state index < -0.39 is 11.9 Å². The third kappa shape index (κ3) is 5.73. The summed E-state index contributed by atoms with van der Waals surface area (Å²) in [6, 6.07) is 13.7. The minimum absolute atomic E-state index is 0.00624. The number of amides is 1. The van der Waals surface area contributed by atoms with E-state index in [0.29, 0.717) is 22.2 Å². The Bertz CT molecular complexity index is 748. The van der Waals surface area contributed by atoms with Gasteiger partial charge < -0.3 is 16.2 Å². The van der Waals surface area contributed by atoms with Crippen molar-refractivity contribution in [2.75, 3.05) is 13.1 Å². The molecule has 2 unspecified atom stereocenters. The van der Waals surface area contributed by atoms with Crippen LogP contribution in [-0.4, -0.2) is 30.1 Å². The summed E-state index contributed by atoms with van der Waals surface area (Å²) in [5.41, 5.74) is 7.28. The minimum atomic E-state index is -1.01. The molecule has 0 heterocycles. The van der Waals surface area contributed by atoms with Gasteiger partial charge in [-0.25, -0.2) is 0 Å². The van der Waals surface area contributed by atoms with Gasteiger partial charge in [-0.15, -0.1) is 0 Å². The number of benzene rings is 2. The van der Waals surface area contributed by atoms with Crippen molar-refractivity contribution in [1.29, 1.82) is 0 Å². The highest BCUT2D eigenvalue weighted by Crippen LogP contribution is 2.22. The van der Waals surface area contributed by atoms with Crippen LogP contribution in [-0.2, 0) is 9.59 Å². The number of rotatable bonds is 8. The maximum atomic E-state index is 12.3. The van der Waals surface area contributed by atoms with Crippen molar-refractivity contribution in [3.8, 4) is 0 Å². The summed E-state index contributed by atoms with van der Waals surface area (Å²) in [5.74, 6) is -2.27. The lowest BCUT2D eigenvalue weighted by Gasteiger charge is -2.17. The summed E-state index contributed by atoms with van der Waals surface area (Å²) in [7, 11) is 0. The highest BCUT2D eigenvalue weighted by Gasteiger charge is 2.22. The second-order valence-electron chi connectivity index (χ2n) is 5.93. The van der Waals surface area contributed by atoms with Gasteiger partial charge in [0.25, 0.3) is 0 Å². The Hall–Kier alpha value is -2.08. The third-order valence-corrected chi connectivity index (χ3v) is 4.64. The van der Waals surface area contributed by atoms with Gasteiger partial charge in [0.1, 0.15) is 0 Å². The Kier molecular flexibility index (Phi) is 7.45. The molecule has 0 aliphatic heterocycles. The van der Waals surface area contributed by atoms with Crippen molar-refractivity contribution in [2.24, 2.45) is 5.73 Å². The van der Waals surface area contributed by atoms with Gasteiger partial charge in [0.05, 0.1) is 5.92 Å². The Morgan fingerprint density at radius 3 is 1.92 bits per heavy atom. The molecule has 0 fully saturated rings. The number of nitrogens with one attached hydrogen (secondary N) is 1. The van der Waals surface area contributed by atoms with Gasteiger partial charge >= 0.3 is 5.97 Å². The molecule has 138 valence electrons. The quantitative estimate of drug-likeness (QED) is 0.639. The van der Waals surface area contributed by atoms with Crippen molar-refractivity contribution in [3.63, 3.8) is 0 Å². The highest BCUT2D eigenvalue weighted by molar-refractivity contribution is 6.30. The third-order valence-electron chi connectivity index (χ3n) is 4.13. The van der Waals surface area contributed by atoms with Crippen LogP contribution in [0.4, 0.5) is 0 Å². The maximum Gasteiger partial charge on any atom is 0.312 e. The van der Waals surface area contributed by atoms with Crippen LogP contribution in [0.15, 0.2) is 48.5 Å². The molecule has 1 amide bonds. The number of carbonyl (C=O) groups is 2. The molecular formula is C19H20Cl2N2O3. The zero-order valence-corrected chi connectivity index (χ0v) is 15.5. The lowest BCUT2D eigenvalue weighted by molar-refractivity contribution is -0.138. The summed E-state index contributed by atoms with van der Waals surface area (Å²) < 4.78 is 0. The zero-order chi connectivity index (χ0) is 19.1. The number of hydrogen-bond donors (Lipinski definition) is 3. The van der Waals surface area contributed by atoms with E-state index >= 15 is 0 Å². The van der Waals surface area contributed by atoms with Gasteiger partial charge in [0, 0.05) is 28.9 Å². The lowest BCUT2D eigenvalue weighted by Crippen LogP contribution is -2.33. The molecule has 0 spiro atoms. The molecule has 0 aromatic heterocycles. The van der Waals surface area contributed by atoms with E-state index in [1.807, 2.05) is 12.1 Å². The Morgan fingerprint density at radius 2 is 1.46 bits per heavy atom. The van der Waals surface area contributed by atoms with Gasteiger partial charge in [-0.1, -0.05) is 47.5 Å². The molecule has 2 atom stereocenters. The van der Waals surface area contributed by atoms with Crippen molar-refractivity contribution in [1.82, 2.24) is 5.32 Å². The Morgan fingerprint density at radius 1 is 0.962 bits per heavy atom. The summed E-state index contributed by atoms with van der Waals surface area (Å²) in [6.07, 6.45) is 0.172. The first-order valence-corrected chi connectivity index (χ1v) is 8.86. The molecule has 4 N–H and O–H groups in total. The Balaban J connectivity index is 1.97. The maximum absolute atomic E-state index is 12.3. The monoisotopic (exact) mass is 394 g/mol. The van der Waals surface area contributed by atoms with Gasteiger partial charge in [-0.05, 0) is 41.9 Å². The summed E-state index contributed by atoms with van der Waals surface area (Å²) in [6.45, 7) is 0.294. The van der Waals surface area contributed by atoms with E-state index in [4.69, 9.17) is 28.9 Å². The first-order valence-electron chi connectivity index (χ1n) is 8.11. The number of hydrogen-bond acceptors (Lipinski definition) is 3. The number of aliphatic carboxylic acids is 1. The molecule has 0 bridgehead atoms. The average molecular weight is 395 g/mol. The summed E-state index contributed by atoms with van der Waals surface area (Å²) in [5, 5.41) is 13.2.